The molecule has 13 heavy (non-hydrogen) atoms. The Morgan fingerprint density at radius 2 is 1.38 bits per heavy atom. The van der Waals surface area contributed by atoms with E-state index in [0.717, 1.165) is 0 Å². The highest BCUT2D eigenvalue weighted by Crippen LogP contribution is 2.34. The summed E-state index contributed by atoms with van der Waals surface area (Å²) >= 11 is 0. The minimum absolute atomic E-state index is 0.316. The first-order valence-corrected chi connectivity index (χ1v) is 4.01. The molecule has 0 aromatic heterocycles. The molecule has 0 aromatic rings. The van der Waals surface area contributed by atoms with Crippen LogP contribution < -0.4 is 5.32 Å². The molecule has 0 saturated carbocycles. The van der Waals surface area contributed by atoms with Gasteiger partial charge in [0.25, 0.3) is 0 Å². The van der Waals surface area contributed by atoms with E-state index in [0.29, 0.717) is 0 Å². The third-order valence-corrected chi connectivity index (χ3v) is 2.64. The second kappa shape index (κ2) is 2.56. The Kier molecular flexibility index (Phi) is 1.63. The fraction of sp³-hybridized carbons (Fsp3) is 0.500. The lowest BCUT2D eigenvalue weighted by atomic mass is 9.83. The van der Waals surface area contributed by atoms with E-state index in [1.165, 1.54) is 0 Å². The van der Waals surface area contributed by atoms with Crippen LogP contribution in [0, 0.1) is 11.8 Å². The summed E-state index contributed by atoms with van der Waals surface area (Å²) in [6.07, 6.45) is 3.45. The number of carboxylic acid groups (broad SMARTS) is 2. The summed E-state index contributed by atoms with van der Waals surface area (Å²) in [4.78, 5) is 21.5. The monoisotopic (exact) mass is 183 g/mol. The maximum absolute atomic E-state index is 10.8. The fourth-order valence-corrected chi connectivity index (χ4v) is 2.08. The van der Waals surface area contributed by atoms with Gasteiger partial charge in [-0.2, -0.15) is 0 Å². The van der Waals surface area contributed by atoms with Crippen molar-refractivity contribution in [2.24, 2.45) is 11.8 Å². The molecular formula is C8H9NO4. The van der Waals surface area contributed by atoms with Crippen molar-refractivity contribution in [3.63, 3.8) is 0 Å². The van der Waals surface area contributed by atoms with Crippen molar-refractivity contribution in [2.75, 3.05) is 0 Å². The average molecular weight is 183 g/mol. The third-order valence-electron chi connectivity index (χ3n) is 2.64. The van der Waals surface area contributed by atoms with Crippen molar-refractivity contribution in [3.8, 4) is 0 Å². The second-order valence-corrected chi connectivity index (χ2v) is 3.33. The Bertz CT molecular complexity index is 271. The van der Waals surface area contributed by atoms with E-state index in [1.54, 1.807) is 12.2 Å². The molecule has 5 heteroatoms. The number of carbonyl (C=O) groups is 2. The van der Waals surface area contributed by atoms with Crippen molar-refractivity contribution in [1.82, 2.24) is 5.32 Å². The van der Waals surface area contributed by atoms with Crippen molar-refractivity contribution in [2.45, 2.75) is 12.1 Å². The minimum atomic E-state index is -1.04. The van der Waals surface area contributed by atoms with Crippen LogP contribution in [-0.2, 0) is 9.59 Å². The molecule has 0 aromatic carbocycles. The van der Waals surface area contributed by atoms with Crippen LogP contribution >= 0.6 is 0 Å². The lowest BCUT2D eigenvalue weighted by Crippen LogP contribution is -2.36. The van der Waals surface area contributed by atoms with E-state index in [2.05, 4.69) is 5.32 Å². The number of rotatable bonds is 2. The maximum atomic E-state index is 10.8. The highest BCUT2D eigenvalue weighted by atomic mass is 16.4. The fourth-order valence-electron chi connectivity index (χ4n) is 2.08. The number of hydrogen-bond donors (Lipinski definition) is 3. The predicted octanol–water partition coefficient (Wildman–Crippen LogP) is -0.702. The van der Waals surface area contributed by atoms with Crippen LogP contribution in [0.1, 0.15) is 0 Å². The van der Waals surface area contributed by atoms with Gasteiger partial charge in [-0.15, -0.1) is 0 Å². The summed E-state index contributed by atoms with van der Waals surface area (Å²) < 4.78 is 0. The molecule has 1 saturated heterocycles. The molecule has 0 aliphatic carbocycles. The van der Waals surface area contributed by atoms with Gasteiger partial charge in [-0.1, -0.05) is 12.2 Å². The first kappa shape index (κ1) is 8.25. The maximum Gasteiger partial charge on any atom is 0.309 e. The second-order valence-electron chi connectivity index (χ2n) is 3.33. The molecule has 4 unspecified atom stereocenters. The van der Waals surface area contributed by atoms with E-state index < -0.39 is 23.8 Å². The molecule has 5 nitrogen and oxygen atoms in total. The zero-order valence-electron chi connectivity index (χ0n) is 6.68. The molecule has 4 atom stereocenters. The first-order chi connectivity index (χ1) is 6.11. The Balaban J connectivity index is 2.30. The zero-order valence-corrected chi connectivity index (χ0v) is 6.68. The summed E-state index contributed by atoms with van der Waals surface area (Å²) in [7, 11) is 0. The van der Waals surface area contributed by atoms with Gasteiger partial charge in [-0.3, -0.25) is 9.59 Å². The quantitative estimate of drug-likeness (QED) is 0.493. The van der Waals surface area contributed by atoms with Gasteiger partial charge in [0.1, 0.15) is 0 Å². The Morgan fingerprint density at radius 1 is 1.00 bits per heavy atom. The SMILES string of the molecule is O=C(O)C1C2C=CC(N2)C1C(=O)O. The van der Waals surface area contributed by atoms with Crippen LogP contribution in [0.4, 0.5) is 0 Å². The van der Waals surface area contributed by atoms with Gasteiger partial charge in [-0.25, -0.2) is 0 Å². The van der Waals surface area contributed by atoms with Crippen molar-refractivity contribution in [3.05, 3.63) is 12.2 Å². The van der Waals surface area contributed by atoms with Gasteiger partial charge < -0.3 is 15.5 Å². The Labute approximate surface area is 74.1 Å². The molecule has 1 fully saturated rings. The van der Waals surface area contributed by atoms with Gasteiger partial charge in [-0.05, 0) is 0 Å². The van der Waals surface area contributed by atoms with Gasteiger partial charge in [0.15, 0.2) is 0 Å². The average Bonchev–Trinajstić information content (AvgIpc) is 2.60. The molecule has 0 spiro atoms. The Hall–Kier alpha value is -1.36. The normalized spacial score (nSPS) is 40.9. The third kappa shape index (κ3) is 1.04. The minimum Gasteiger partial charge on any atom is -0.481 e. The summed E-state index contributed by atoms with van der Waals surface area (Å²) in [5, 5.41) is 20.6. The number of nitrogens with one attached hydrogen (secondary N) is 1. The number of fused-ring (bicyclic) bond motifs is 2. The highest BCUT2D eigenvalue weighted by Gasteiger charge is 2.51. The number of carboxylic acids is 2. The molecule has 2 bridgehead atoms. The smallest absolute Gasteiger partial charge is 0.309 e. The van der Waals surface area contributed by atoms with Crippen LogP contribution in [0.25, 0.3) is 0 Å². The van der Waals surface area contributed by atoms with Crippen LogP contribution in [0.2, 0.25) is 0 Å². The summed E-state index contributed by atoms with van der Waals surface area (Å²) in [5.74, 6) is -3.74. The molecule has 2 heterocycles. The predicted molar refractivity (Wildman–Crippen MR) is 42.1 cm³/mol. The summed E-state index contributed by atoms with van der Waals surface area (Å²) in [5.41, 5.74) is 0. The molecule has 70 valence electrons. The van der Waals surface area contributed by atoms with E-state index in [4.69, 9.17) is 10.2 Å². The van der Waals surface area contributed by atoms with Crippen LogP contribution in [-0.4, -0.2) is 34.2 Å². The van der Waals surface area contributed by atoms with Crippen LogP contribution in [0.5, 0.6) is 0 Å². The molecule has 3 N–H and O–H groups in total. The lowest BCUT2D eigenvalue weighted by Gasteiger charge is -2.18. The Morgan fingerprint density at radius 3 is 1.69 bits per heavy atom. The molecule has 2 rings (SSSR count). The molecule has 2 aliphatic rings. The summed E-state index contributed by atoms with van der Waals surface area (Å²) in [6.45, 7) is 0. The van der Waals surface area contributed by atoms with E-state index in [-0.39, 0.29) is 12.1 Å². The van der Waals surface area contributed by atoms with Crippen LogP contribution in [0.3, 0.4) is 0 Å². The molecule has 2 aliphatic heterocycles. The number of hydrogen-bond acceptors (Lipinski definition) is 3. The van der Waals surface area contributed by atoms with Gasteiger partial charge in [0.05, 0.1) is 11.8 Å². The number of aliphatic carboxylic acids is 2. The molecule has 0 radical (unpaired) electrons. The van der Waals surface area contributed by atoms with Crippen molar-refractivity contribution >= 4 is 11.9 Å². The largest absolute Gasteiger partial charge is 0.481 e. The molecular weight excluding hydrogens is 174 g/mol. The van der Waals surface area contributed by atoms with Crippen molar-refractivity contribution in [1.29, 1.82) is 0 Å². The van der Waals surface area contributed by atoms with Gasteiger partial charge in [0.2, 0.25) is 0 Å². The summed E-state index contributed by atoms with van der Waals surface area (Å²) in [6, 6.07) is -0.632. The standard InChI is InChI=1S/C8H9NO4/c10-7(11)5-3-1-2-4(9-3)6(5)8(12)13/h1-6,9H,(H,10,11)(H,12,13). The van der Waals surface area contributed by atoms with Gasteiger partial charge in [0, 0.05) is 12.1 Å². The van der Waals surface area contributed by atoms with Crippen LogP contribution in [0.15, 0.2) is 12.2 Å². The molecule has 0 amide bonds. The van der Waals surface area contributed by atoms with Crippen molar-refractivity contribution < 1.29 is 19.8 Å². The van der Waals surface area contributed by atoms with E-state index in [9.17, 15) is 9.59 Å². The van der Waals surface area contributed by atoms with E-state index >= 15 is 0 Å². The van der Waals surface area contributed by atoms with Gasteiger partial charge >= 0.3 is 11.9 Å². The topological polar surface area (TPSA) is 86.6 Å². The zero-order chi connectivity index (χ0) is 9.59. The highest BCUT2D eigenvalue weighted by molar-refractivity contribution is 5.83. The lowest BCUT2D eigenvalue weighted by molar-refractivity contribution is -0.152. The van der Waals surface area contributed by atoms with E-state index in [1.807, 2.05) is 0 Å². The first-order valence-electron chi connectivity index (χ1n) is 4.01.